The molecule has 0 heterocycles. The Hall–Kier alpha value is -2.16. The van der Waals surface area contributed by atoms with Gasteiger partial charge in [-0.05, 0) is 36.0 Å². The average molecular weight is 283 g/mol. The number of hydrogen-bond acceptors (Lipinski definition) is 1. The first kappa shape index (κ1) is 13.8. The topological polar surface area (TPSA) is 29.1 Å². The third-order valence-corrected chi connectivity index (χ3v) is 4.12. The van der Waals surface area contributed by atoms with Crippen molar-refractivity contribution in [3.63, 3.8) is 0 Å². The minimum Gasteiger partial charge on any atom is -0.352 e. The molecule has 0 saturated carbocycles. The number of carbonyl (C=O) groups is 1. The molecule has 1 atom stereocenters. The van der Waals surface area contributed by atoms with Crippen LogP contribution in [0.3, 0.4) is 0 Å². The predicted molar refractivity (Wildman–Crippen MR) is 80.4 cm³/mol. The van der Waals surface area contributed by atoms with Gasteiger partial charge in [0.25, 0.3) is 0 Å². The van der Waals surface area contributed by atoms with Gasteiger partial charge in [-0.3, -0.25) is 4.79 Å². The van der Waals surface area contributed by atoms with E-state index in [0.717, 1.165) is 12.8 Å². The molecule has 1 amide bonds. The Balaban J connectivity index is 1.57. The molecule has 2 aromatic rings. The highest BCUT2D eigenvalue weighted by Gasteiger charge is 2.24. The van der Waals surface area contributed by atoms with E-state index in [1.807, 2.05) is 12.1 Å². The van der Waals surface area contributed by atoms with Gasteiger partial charge in [0.2, 0.25) is 5.91 Å². The number of nitrogens with one attached hydrogen (secondary N) is 1. The SMILES string of the molecule is O=C(C[C@H]1CCc2ccccc21)NCc1ccccc1F. The van der Waals surface area contributed by atoms with Crippen LogP contribution in [-0.2, 0) is 17.8 Å². The molecule has 1 N–H and O–H groups in total. The lowest BCUT2D eigenvalue weighted by Gasteiger charge is -2.12. The normalized spacial score (nSPS) is 16.5. The maximum atomic E-state index is 13.5. The van der Waals surface area contributed by atoms with E-state index in [9.17, 15) is 9.18 Å². The van der Waals surface area contributed by atoms with E-state index < -0.39 is 0 Å². The summed E-state index contributed by atoms with van der Waals surface area (Å²) >= 11 is 0. The lowest BCUT2D eigenvalue weighted by atomic mass is 9.97. The van der Waals surface area contributed by atoms with Crippen LogP contribution < -0.4 is 5.32 Å². The number of hydrogen-bond donors (Lipinski definition) is 1. The standard InChI is InChI=1S/C18H18FNO/c19-17-8-4-2-6-15(17)12-20-18(21)11-14-10-9-13-5-1-3-7-16(13)14/h1-8,14H,9-12H2,(H,20,21)/t14-/m1/s1. The van der Waals surface area contributed by atoms with Gasteiger partial charge < -0.3 is 5.32 Å². The summed E-state index contributed by atoms with van der Waals surface area (Å²) in [6, 6.07) is 14.8. The molecule has 0 aromatic heterocycles. The Morgan fingerprint density at radius 2 is 1.90 bits per heavy atom. The summed E-state index contributed by atoms with van der Waals surface area (Å²) in [5, 5.41) is 2.82. The molecule has 0 aliphatic heterocycles. The molecule has 0 bridgehead atoms. The summed E-state index contributed by atoms with van der Waals surface area (Å²) in [6.45, 7) is 0.250. The molecule has 0 unspecified atom stereocenters. The summed E-state index contributed by atoms with van der Waals surface area (Å²) < 4.78 is 13.5. The molecule has 1 aliphatic carbocycles. The van der Waals surface area contributed by atoms with Gasteiger partial charge in [-0.15, -0.1) is 0 Å². The summed E-state index contributed by atoms with van der Waals surface area (Å²) in [5.41, 5.74) is 3.17. The highest BCUT2D eigenvalue weighted by molar-refractivity contribution is 5.77. The molecule has 0 fully saturated rings. The first-order chi connectivity index (χ1) is 10.2. The number of aryl methyl sites for hydroxylation is 1. The molecule has 2 nitrogen and oxygen atoms in total. The van der Waals surface area contributed by atoms with Crippen LogP contribution in [0.4, 0.5) is 4.39 Å². The van der Waals surface area contributed by atoms with Crippen LogP contribution in [0.1, 0.15) is 35.4 Å². The van der Waals surface area contributed by atoms with Crippen LogP contribution in [0.2, 0.25) is 0 Å². The Labute approximate surface area is 124 Å². The summed E-state index contributed by atoms with van der Waals surface area (Å²) in [6.07, 6.45) is 2.54. The lowest BCUT2D eigenvalue weighted by molar-refractivity contribution is -0.121. The third-order valence-electron chi connectivity index (χ3n) is 4.12. The van der Waals surface area contributed by atoms with Crippen LogP contribution in [0.25, 0.3) is 0 Å². The van der Waals surface area contributed by atoms with Gasteiger partial charge in [0.05, 0.1) is 0 Å². The van der Waals surface area contributed by atoms with Gasteiger partial charge in [-0.2, -0.15) is 0 Å². The van der Waals surface area contributed by atoms with Crippen molar-refractivity contribution >= 4 is 5.91 Å². The van der Waals surface area contributed by atoms with Crippen LogP contribution in [0.5, 0.6) is 0 Å². The Morgan fingerprint density at radius 1 is 1.14 bits per heavy atom. The maximum absolute atomic E-state index is 13.5. The van der Waals surface area contributed by atoms with Crippen molar-refractivity contribution in [2.45, 2.75) is 31.7 Å². The highest BCUT2D eigenvalue weighted by atomic mass is 19.1. The maximum Gasteiger partial charge on any atom is 0.220 e. The smallest absolute Gasteiger partial charge is 0.220 e. The Bertz CT molecular complexity index is 653. The van der Waals surface area contributed by atoms with Gasteiger partial charge in [0.1, 0.15) is 5.82 Å². The fourth-order valence-corrected chi connectivity index (χ4v) is 2.99. The second-order valence-corrected chi connectivity index (χ2v) is 5.51. The average Bonchev–Trinajstić information content (AvgIpc) is 2.90. The predicted octanol–water partition coefficient (Wildman–Crippen LogP) is 3.56. The van der Waals surface area contributed by atoms with E-state index >= 15 is 0 Å². The van der Waals surface area contributed by atoms with E-state index in [0.29, 0.717) is 17.9 Å². The molecular formula is C18H18FNO. The van der Waals surface area contributed by atoms with Crippen LogP contribution in [0, 0.1) is 5.82 Å². The van der Waals surface area contributed by atoms with E-state index in [1.165, 1.54) is 17.2 Å². The number of benzene rings is 2. The molecule has 21 heavy (non-hydrogen) atoms. The first-order valence-electron chi connectivity index (χ1n) is 7.32. The van der Waals surface area contributed by atoms with Gasteiger partial charge >= 0.3 is 0 Å². The fourth-order valence-electron chi connectivity index (χ4n) is 2.99. The Kier molecular flexibility index (Phi) is 4.00. The third kappa shape index (κ3) is 3.13. The second kappa shape index (κ2) is 6.08. The van der Waals surface area contributed by atoms with E-state index in [-0.39, 0.29) is 18.3 Å². The van der Waals surface area contributed by atoms with Crippen molar-refractivity contribution < 1.29 is 9.18 Å². The Morgan fingerprint density at radius 3 is 2.76 bits per heavy atom. The minimum absolute atomic E-state index is 0.0139. The molecule has 3 heteroatoms. The summed E-state index contributed by atoms with van der Waals surface area (Å²) in [7, 11) is 0. The van der Waals surface area contributed by atoms with Crippen LogP contribution >= 0.6 is 0 Å². The molecular weight excluding hydrogens is 265 g/mol. The number of halogens is 1. The zero-order valence-corrected chi connectivity index (χ0v) is 11.8. The molecule has 2 aromatic carbocycles. The monoisotopic (exact) mass is 283 g/mol. The zero-order chi connectivity index (χ0) is 14.7. The van der Waals surface area contributed by atoms with E-state index in [1.54, 1.807) is 18.2 Å². The summed E-state index contributed by atoms with van der Waals surface area (Å²) in [5.74, 6) is 0.00536. The molecule has 1 aliphatic rings. The van der Waals surface area contributed by atoms with Crippen molar-refractivity contribution in [3.05, 3.63) is 71.0 Å². The van der Waals surface area contributed by atoms with E-state index in [4.69, 9.17) is 0 Å². The minimum atomic E-state index is -0.274. The van der Waals surface area contributed by atoms with Crippen LogP contribution in [0.15, 0.2) is 48.5 Å². The second-order valence-electron chi connectivity index (χ2n) is 5.51. The van der Waals surface area contributed by atoms with Crippen molar-refractivity contribution in [2.75, 3.05) is 0 Å². The number of amides is 1. The summed E-state index contributed by atoms with van der Waals surface area (Å²) in [4.78, 5) is 12.1. The van der Waals surface area contributed by atoms with Gasteiger partial charge in [-0.25, -0.2) is 4.39 Å². The first-order valence-corrected chi connectivity index (χ1v) is 7.32. The number of carbonyl (C=O) groups excluding carboxylic acids is 1. The largest absolute Gasteiger partial charge is 0.352 e. The zero-order valence-electron chi connectivity index (χ0n) is 11.8. The molecule has 108 valence electrons. The van der Waals surface area contributed by atoms with Gasteiger partial charge in [0, 0.05) is 18.5 Å². The molecule has 0 saturated heterocycles. The number of fused-ring (bicyclic) bond motifs is 1. The molecule has 0 spiro atoms. The van der Waals surface area contributed by atoms with Crippen molar-refractivity contribution in [1.29, 1.82) is 0 Å². The van der Waals surface area contributed by atoms with Gasteiger partial charge in [0.15, 0.2) is 0 Å². The highest BCUT2D eigenvalue weighted by Crippen LogP contribution is 2.35. The van der Waals surface area contributed by atoms with E-state index in [2.05, 4.69) is 17.4 Å². The van der Waals surface area contributed by atoms with Gasteiger partial charge in [-0.1, -0.05) is 42.5 Å². The molecule has 0 radical (unpaired) electrons. The quantitative estimate of drug-likeness (QED) is 0.913. The lowest BCUT2D eigenvalue weighted by Crippen LogP contribution is -2.24. The fraction of sp³-hybridized carbons (Fsp3) is 0.278. The van der Waals surface area contributed by atoms with Crippen LogP contribution in [-0.4, -0.2) is 5.91 Å². The van der Waals surface area contributed by atoms with Crippen molar-refractivity contribution in [2.24, 2.45) is 0 Å². The number of rotatable bonds is 4. The van der Waals surface area contributed by atoms with Crippen molar-refractivity contribution in [1.82, 2.24) is 5.32 Å². The van der Waals surface area contributed by atoms with Crippen molar-refractivity contribution in [3.8, 4) is 0 Å². The molecule has 3 rings (SSSR count).